The molecule has 0 aliphatic carbocycles. The van der Waals surface area contributed by atoms with Gasteiger partial charge in [0.05, 0.1) is 19.4 Å². The van der Waals surface area contributed by atoms with Crippen LogP contribution in [0.1, 0.15) is 5.01 Å². The first-order valence-corrected chi connectivity index (χ1v) is 5.90. The maximum atomic E-state index is 13.2. The highest BCUT2D eigenvalue weighted by atomic mass is 32.1. The van der Waals surface area contributed by atoms with Crippen molar-refractivity contribution >= 4 is 11.3 Å². The van der Waals surface area contributed by atoms with E-state index in [1.807, 2.05) is 5.38 Å². The lowest BCUT2D eigenvalue weighted by molar-refractivity contribution is 0.184. The Morgan fingerprint density at radius 3 is 2.88 bits per heavy atom. The number of methoxy groups -OCH3 is 2. The van der Waals surface area contributed by atoms with Gasteiger partial charge in [-0.2, -0.15) is 0 Å². The second-order valence-corrected chi connectivity index (χ2v) is 4.35. The third kappa shape index (κ3) is 2.62. The number of nitrogens with zero attached hydrogens (tertiary/aromatic N) is 1. The Kier molecular flexibility index (Phi) is 3.71. The van der Waals surface area contributed by atoms with Crippen LogP contribution >= 0.6 is 11.3 Å². The summed E-state index contributed by atoms with van der Waals surface area (Å²) in [5, 5.41) is 2.72. The van der Waals surface area contributed by atoms with E-state index in [-0.39, 0.29) is 5.82 Å². The van der Waals surface area contributed by atoms with Crippen molar-refractivity contribution in [3.05, 3.63) is 34.4 Å². The minimum atomic E-state index is -0.304. The van der Waals surface area contributed by atoms with Gasteiger partial charge in [0.15, 0.2) is 0 Å². The van der Waals surface area contributed by atoms with Crippen molar-refractivity contribution in [3.63, 3.8) is 0 Å². The summed E-state index contributed by atoms with van der Waals surface area (Å²) in [4.78, 5) is 4.37. The molecule has 0 spiro atoms. The average Bonchev–Trinajstić information content (AvgIpc) is 2.78. The normalized spacial score (nSPS) is 10.5. The van der Waals surface area contributed by atoms with Crippen LogP contribution in [-0.4, -0.2) is 19.2 Å². The van der Waals surface area contributed by atoms with Gasteiger partial charge >= 0.3 is 0 Å². The molecule has 2 rings (SSSR count). The zero-order valence-electron chi connectivity index (χ0n) is 9.57. The number of halogens is 1. The summed E-state index contributed by atoms with van der Waals surface area (Å²) in [6.07, 6.45) is 0. The van der Waals surface area contributed by atoms with E-state index in [0.29, 0.717) is 23.6 Å². The van der Waals surface area contributed by atoms with Gasteiger partial charge < -0.3 is 9.47 Å². The van der Waals surface area contributed by atoms with Crippen LogP contribution in [-0.2, 0) is 11.3 Å². The van der Waals surface area contributed by atoms with Crippen molar-refractivity contribution in [2.75, 3.05) is 14.2 Å². The number of hydrogen-bond donors (Lipinski definition) is 0. The molecule has 0 fully saturated rings. The number of thiazole rings is 1. The highest BCUT2D eigenvalue weighted by Crippen LogP contribution is 2.31. The lowest BCUT2D eigenvalue weighted by Crippen LogP contribution is -1.90. The first kappa shape index (κ1) is 12.0. The molecular weight excluding hydrogens is 241 g/mol. The van der Waals surface area contributed by atoms with E-state index in [4.69, 9.17) is 9.47 Å². The van der Waals surface area contributed by atoms with Crippen molar-refractivity contribution in [1.29, 1.82) is 0 Å². The van der Waals surface area contributed by atoms with E-state index in [0.717, 1.165) is 5.01 Å². The van der Waals surface area contributed by atoms with Crippen LogP contribution in [0.3, 0.4) is 0 Å². The summed E-state index contributed by atoms with van der Waals surface area (Å²) in [5.74, 6) is 0.308. The van der Waals surface area contributed by atoms with Crippen LogP contribution in [0.15, 0.2) is 23.6 Å². The molecular formula is C12H12FNO2S. The molecule has 0 radical (unpaired) electrons. The van der Waals surface area contributed by atoms with Crippen LogP contribution in [0.5, 0.6) is 5.75 Å². The van der Waals surface area contributed by atoms with Crippen LogP contribution in [0.2, 0.25) is 0 Å². The predicted molar refractivity (Wildman–Crippen MR) is 64.8 cm³/mol. The Morgan fingerprint density at radius 1 is 1.35 bits per heavy atom. The molecule has 90 valence electrons. The summed E-state index contributed by atoms with van der Waals surface area (Å²) in [5.41, 5.74) is 1.37. The Morgan fingerprint density at radius 2 is 2.18 bits per heavy atom. The highest BCUT2D eigenvalue weighted by molar-refractivity contribution is 7.09. The van der Waals surface area contributed by atoms with Crippen LogP contribution in [0.25, 0.3) is 11.3 Å². The minimum absolute atomic E-state index is 0.304. The fraction of sp³-hybridized carbons (Fsp3) is 0.250. The van der Waals surface area contributed by atoms with E-state index in [1.165, 1.54) is 23.5 Å². The summed E-state index contributed by atoms with van der Waals surface area (Å²) in [7, 11) is 3.17. The summed E-state index contributed by atoms with van der Waals surface area (Å²) in [6, 6.07) is 4.38. The summed E-state index contributed by atoms with van der Waals surface area (Å²) in [6.45, 7) is 0.461. The van der Waals surface area contributed by atoms with Gasteiger partial charge in [0.25, 0.3) is 0 Å². The van der Waals surface area contributed by atoms with Gasteiger partial charge in [-0.15, -0.1) is 11.3 Å². The van der Waals surface area contributed by atoms with Gasteiger partial charge in [-0.1, -0.05) is 0 Å². The largest absolute Gasteiger partial charge is 0.496 e. The van der Waals surface area contributed by atoms with Crippen molar-refractivity contribution in [2.24, 2.45) is 0 Å². The Bertz CT molecular complexity index is 513. The smallest absolute Gasteiger partial charge is 0.128 e. The lowest BCUT2D eigenvalue weighted by Gasteiger charge is -2.05. The molecule has 0 aliphatic heterocycles. The third-order valence-corrected chi connectivity index (χ3v) is 3.08. The molecule has 1 heterocycles. The van der Waals surface area contributed by atoms with Crippen LogP contribution in [0.4, 0.5) is 4.39 Å². The van der Waals surface area contributed by atoms with E-state index >= 15 is 0 Å². The van der Waals surface area contributed by atoms with Crippen molar-refractivity contribution in [3.8, 4) is 17.0 Å². The Hall–Kier alpha value is -1.46. The fourth-order valence-corrected chi connectivity index (χ4v) is 2.27. The number of hydrogen-bond acceptors (Lipinski definition) is 4. The van der Waals surface area contributed by atoms with Gasteiger partial charge in [-0.3, -0.25) is 0 Å². The van der Waals surface area contributed by atoms with E-state index in [9.17, 15) is 4.39 Å². The third-order valence-electron chi connectivity index (χ3n) is 2.26. The second kappa shape index (κ2) is 5.25. The topological polar surface area (TPSA) is 31.4 Å². The Labute approximate surface area is 103 Å². The lowest BCUT2D eigenvalue weighted by atomic mass is 10.1. The highest BCUT2D eigenvalue weighted by Gasteiger charge is 2.11. The minimum Gasteiger partial charge on any atom is -0.496 e. The van der Waals surface area contributed by atoms with Crippen molar-refractivity contribution in [2.45, 2.75) is 6.61 Å². The predicted octanol–water partition coefficient (Wildman–Crippen LogP) is 3.10. The van der Waals surface area contributed by atoms with Crippen LogP contribution in [0, 0.1) is 5.82 Å². The van der Waals surface area contributed by atoms with E-state index in [2.05, 4.69) is 4.98 Å². The molecule has 0 atom stereocenters. The van der Waals surface area contributed by atoms with Gasteiger partial charge in [0.2, 0.25) is 0 Å². The molecule has 2 aromatic rings. The first-order valence-electron chi connectivity index (χ1n) is 5.02. The molecule has 0 N–H and O–H groups in total. The van der Waals surface area contributed by atoms with Gasteiger partial charge in [-0.05, 0) is 18.2 Å². The number of aromatic nitrogens is 1. The van der Waals surface area contributed by atoms with E-state index in [1.54, 1.807) is 20.3 Å². The molecule has 17 heavy (non-hydrogen) atoms. The van der Waals surface area contributed by atoms with E-state index < -0.39 is 0 Å². The van der Waals surface area contributed by atoms with Crippen LogP contribution < -0.4 is 4.74 Å². The van der Waals surface area contributed by atoms with Crippen molar-refractivity contribution in [1.82, 2.24) is 4.98 Å². The molecule has 0 amide bonds. The van der Waals surface area contributed by atoms with Gasteiger partial charge in [0, 0.05) is 18.1 Å². The zero-order chi connectivity index (χ0) is 12.3. The molecule has 3 nitrogen and oxygen atoms in total. The molecule has 1 aromatic heterocycles. The average molecular weight is 253 g/mol. The maximum Gasteiger partial charge on any atom is 0.128 e. The molecule has 0 aliphatic rings. The molecule has 0 unspecified atom stereocenters. The maximum absolute atomic E-state index is 13.2. The van der Waals surface area contributed by atoms with Gasteiger partial charge in [-0.25, -0.2) is 9.37 Å². The quantitative estimate of drug-likeness (QED) is 0.839. The summed E-state index contributed by atoms with van der Waals surface area (Å²) >= 11 is 1.48. The molecule has 5 heteroatoms. The second-order valence-electron chi connectivity index (χ2n) is 3.40. The van der Waals surface area contributed by atoms with Crippen molar-refractivity contribution < 1.29 is 13.9 Å². The number of ether oxygens (including phenoxy) is 2. The standard InChI is InChI=1S/C12H12FNO2S/c1-15-6-12-14-10(7-17-12)9-5-8(13)3-4-11(9)16-2/h3-5,7H,6H2,1-2H3. The van der Waals surface area contributed by atoms with Gasteiger partial charge in [0.1, 0.15) is 16.6 Å². The molecule has 0 bridgehead atoms. The summed E-state index contributed by atoms with van der Waals surface area (Å²) < 4.78 is 23.4. The molecule has 0 saturated heterocycles. The SMILES string of the molecule is COCc1nc(-c2cc(F)ccc2OC)cs1. The fourth-order valence-electron chi connectivity index (χ4n) is 1.50. The monoisotopic (exact) mass is 253 g/mol. The molecule has 1 aromatic carbocycles. The Balaban J connectivity index is 2.40. The number of rotatable bonds is 4. The zero-order valence-corrected chi connectivity index (χ0v) is 10.4. The molecule has 0 saturated carbocycles. The first-order chi connectivity index (χ1) is 8.24. The number of benzene rings is 1.